The number of carbonyl (C=O) groups excluding carboxylic acids is 1. The largest absolute Gasteiger partial charge is 0.445 e. The van der Waals surface area contributed by atoms with Gasteiger partial charge in [-0.3, -0.25) is 4.79 Å². The average Bonchev–Trinajstić information content (AvgIpc) is 3.01. The molecule has 2 heterocycles. The minimum Gasteiger partial charge on any atom is -0.445 e. The first-order valence-electron chi connectivity index (χ1n) is 8.64. The van der Waals surface area contributed by atoms with Crippen molar-refractivity contribution in [2.75, 3.05) is 6.54 Å². The van der Waals surface area contributed by atoms with Gasteiger partial charge in [-0.2, -0.15) is 0 Å². The zero-order valence-electron chi connectivity index (χ0n) is 14.5. The van der Waals surface area contributed by atoms with Crippen molar-refractivity contribution in [2.45, 2.75) is 45.8 Å². The van der Waals surface area contributed by atoms with Gasteiger partial charge < -0.3 is 14.4 Å². The number of aliphatic hydroxyl groups is 1. The van der Waals surface area contributed by atoms with Crippen molar-refractivity contribution in [3.63, 3.8) is 0 Å². The van der Waals surface area contributed by atoms with E-state index in [1.54, 1.807) is 6.07 Å². The summed E-state index contributed by atoms with van der Waals surface area (Å²) in [7, 11) is 0. The number of fused-ring (bicyclic) bond motifs is 1. The lowest BCUT2D eigenvalue weighted by Crippen LogP contribution is -2.39. The zero-order chi connectivity index (χ0) is 18.0. The fraction of sp³-hybridized carbons (Fsp3) is 0.474. The lowest BCUT2D eigenvalue weighted by molar-refractivity contribution is -0.141. The molecule has 1 aliphatic heterocycles. The third kappa shape index (κ3) is 3.90. The summed E-state index contributed by atoms with van der Waals surface area (Å²) in [5.41, 5.74) is 0.732. The minimum atomic E-state index is -1.50. The topological polar surface area (TPSA) is 66.6 Å². The number of halogens is 1. The molecule has 5 nitrogen and oxygen atoms in total. The Morgan fingerprint density at radius 3 is 2.88 bits per heavy atom. The van der Waals surface area contributed by atoms with Crippen molar-refractivity contribution in [2.24, 2.45) is 5.92 Å². The molecule has 3 rings (SSSR count). The van der Waals surface area contributed by atoms with Crippen molar-refractivity contribution in [1.29, 1.82) is 0 Å². The number of aliphatic hydroxyl groups excluding tert-OH is 1. The lowest BCUT2D eigenvalue weighted by Gasteiger charge is -2.27. The molecular formula is C19H23FN2O3. The second-order valence-corrected chi connectivity index (χ2v) is 6.84. The Morgan fingerprint density at radius 2 is 2.16 bits per heavy atom. The van der Waals surface area contributed by atoms with Gasteiger partial charge in [-0.15, -0.1) is 0 Å². The van der Waals surface area contributed by atoms with Crippen LogP contribution in [0.2, 0.25) is 0 Å². The number of oxazole rings is 1. The van der Waals surface area contributed by atoms with Gasteiger partial charge in [0, 0.05) is 24.9 Å². The molecule has 0 saturated heterocycles. The molecule has 134 valence electrons. The minimum absolute atomic E-state index is 0.00364. The molecule has 1 atom stereocenters. The Balaban J connectivity index is 1.69. The van der Waals surface area contributed by atoms with E-state index in [2.05, 4.69) is 18.8 Å². The van der Waals surface area contributed by atoms with Gasteiger partial charge >= 0.3 is 0 Å². The van der Waals surface area contributed by atoms with Crippen LogP contribution in [-0.4, -0.2) is 27.4 Å². The number of carbonyl (C=O) groups is 1. The van der Waals surface area contributed by atoms with Gasteiger partial charge in [-0.1, -0.05) is 32.0 Å². The van der Waals surface area contributed by atoms with Gasteiger partial charge in [-0.25, -0.2) is 9.37 Å². The van der Waals surface area contributed by atoms with E-state index in [9.17, 15) is 14.3 Å². The van der Waals surface area contributed by atoms with Crippen molar-refractivity contribution < 1.29 is 18.7 Å². The second kappa shape index (κ2) is 7.35. The number of benzene rings is 1. The SMILES string of the molecule is CC(C)CCc1nc2c(o1)CCN(C(=O)C(O)c1ccccc1F)C2. The van der Waals surface area contributed by atoms with E-state index in [0.29, 0.717) is 24.8 Å². The van der Waals surface area contributed by atoms with Crippen molar-refractivity contribution in [1.82, 2.24) is 9.88 Å². The zero-order valence-corrected chi connectivity index (χ0v) is 14.5. The Kier molecular flexibility index (Phi) is 5.18. The molecule has 1 unspecified atom stereocenters. The van der Waals surface area contributed by atoms with Gasteiger partial charge in [0.1, 0.15) is 17.3 Å². The van der Waals surface area contributed by atoms with E-state index in [1.165, 1.54) is 23.1 Å². The summed E-state index contributed by atoms with van der Waals surface area (Å²) in [4.78, 5) is 18.5. The number of hydrogen-bond acceptors (Lipinski definition) is 4. The highest BCUT2D eigenvalue weighted by molar-refractivity contribution is 5.82. The maximum Gasteiger partial charge on any atom is 0.256 e. The van der Waals surface area contributed by atoms with Crippen LogP contribution in [0.4, 0.5) is 4.39 Å². The molecule has 25 heavy (non-hydrogen) atoms. The molecule has 0 radical (unpaired) electrons. The fourth-order valence-corrected chi connectivity index (χ4v) is 2.96. The van der Waals surface area contributed by atoms with Crippen LogP contribution in [0.3, 0.4) is 0 Å². The first-order chi connectivity index (χ1) is 12.0. The first-order valence-corrected chi connectivity index (χ1v) is 8.64. The van der Waals surface area contributed by atoms with Crippen molar-refractivity contribution >= 4 is 5.91 Å². The predicted molar refractivity (Wildman–Crippen MR) is 90.1 cm³/mol. The van der Waals surface area contributed by atoms with Crippen LogP contribution in [-0.2, 0) is 24.2 Å². The Hall–Kier alpha value is -2.21. The maximum atomic E-state index is 13.8. The van der Waals surface area contributed by atoms with Gasteiger partial charge in [0.15, 0.2) is 12.0 Å². The fourth-order valence-electron chi connectivity index (χ4n) is 2.96. The normalized spacial score (nSPS) is 15.3. The van der Waals surface area contributed by atoms with Crippen molar-refractivity contribution in [3.05, 3.63) is 53.0 Å². The summed E-state index contributed by atoms with van der Waals surface area (Å²) >= 11 is 0. The molecule has 1 aromatic heterocycles. The van der Waals surface area contributed by atoms with Gasteiger partial charge in [0.2, 0.25) is 0 Å². The second-order valence-electron chi connectivity index (χ2n) is 6.84. The smallest absolute Gasteiger partial charge is 0.256 e. The molecule has 0 saturated carbocycles. The number of aryl methyl sites for hydroxylation is 1. The molecule has 1 N–H and O–H groups in total. The molecule has 1 aliphatic rings. The number of rotatable bonds is 5. The summed E-state index contributed by atoms with van der Waals surface area (Å²) < 4.78 is 19.6. The molecule has 6 heteroatoms. The standard InChI is InChI=1S/C19H23FN2O3/c1-12(2)7-8-17-21-15-11-22(10-9-16(15)25-17)19(24)18(23)13-5-3-4-6-14(13)20/h3-6,12,18,23H,7-11H2,1-2H3. The summed E-state index contributed by atoms with van der Waals surface area (Å²) in [6.45, 7) is 5.00. The van der Waals surface area contributed by atoms with Crippen LogP contribution < -0.4 is 0 Å². The number of nitrogens with zero attached hydrogens (tertiary/aromatic N) is 2. The molecule has 0 spiro atoms. The summed E-state index contributed by atoms with van der Waals surface area (Å²) in [6.07, 6.45) is 0.819. The van der Waals surface area contributed by atoms with Crippen LogP contribution in [0.1, 0.15) is 49.3 Å². The number of aromatic nitrogens is 1. The number of hydrogen-bond donors (Lipinski definition) is 1. The van der Waals surface area contributed by atoms with Crippen LogP contribution in [0.25, 0.3) is 0 Å². The molecule has 0 fully saturated rings. The monoisotopic (exact) mass is 346 g/mol. The predicted octanol–water partition coefficient (Wildman–Crippen LogP) is 3.02. The Morgan fingerprint density at radius 1 is 1.40 bits per heavy atom. The van der Waals surface area contributed by atoms with Gasteiger partial charge in [0.25, 0.3) is 5.91 Å². The summed E-state index contributed by atoms with van der Waals surface area (Å²) in [5, 5.41) is 10.2. The molecule has 1 aromatic carbocycles. The highest BCUT2D eigenvalue weighted by Crippen LogP contribution is 2.25. The van der Waals surface area contributed by atoms with E-state index >= 15 is 0 Å². The molecule has 0 bridgehead atoms. The Labute approximate surface area is 146 Å². The average molecular weight is 346 g/mol. The molecular weight excluding hydrogens is 323 g/mol. The van der Waals surface area contributed by atoms with Crippen LogP contribution in [0, 0.1) is 11.7 Å². The third-order valence-corrected chi connectivity index (χ3v) is 4.45. The summed E-state index contributed by atoms with van der Waals surface area (Å²) in [6, 6.07) is 5.78. The first kappa shape index (κ1) is 17.6. The van der Waals surface area contributed by atoms with E-state index in [0.717, 1.165) is 24.3 Å². The van der Waals surface area contributed by atoms with Crippen molar-refractivity contribution in [3.8, 4) is 0 Å². The maximum absolute atomic E-state index is 13.8. The molecule has 1 amide bonds. The van der Waals surface area contributed by atoms with Crippen LogP contribution in [0.15, 0.2) is 28.7 Å². The highest BCUT2D eigenvalue weighted by Gasteiger charge is 2.30. The molecule has 0 aliphatic carbocycles. The van der Waals surface area contributed by atoms with E-state index < -0.39 is 17.8 Å². The third-order valence-electron chi connectivity index (χ3n) is 4.45. The van der Waals surface area contributed by atoms with E-state index in [4.69, 9.17) is 4.42 Å². The summed E-state index contributed by atoms with van der Waals surface area (Å²) in [5.74, 6) is 0.977. The van der Waals surface area contributed by atoms with E-state index in [1.807, 2.05) is 0 Å². The van der Waals surface area contributed by atoms with Gasteiger partial charge in [0.05, 0.1) is 6.54 Å². The molecule has 2 aromatic rings. The Bertz CT molecular complexity index is 757. The van der Waals surface area contributed by atoms with Gasteiger partial charge in [-0.05, 0) is 18.4 Å². The lowest BCUT2D eigenvalue weighted by atomic mass is 10.1. The highest BCUT2D eigenvalue weighted by atomic mass is 19.1. The van der Waals surface area contributed by atoms with E-state index in [-0.39, 0.29) is 12.1 Å². The van der Waals surface area contributed by atoms with Crippen LogP contribution >= 0.6 is 0 Å². The van der Waals surface area contributed by atoms with Crippen LogP contribution in [0.5, 0.6) is 0 Å². The quantitative estimate of drug-likeness (QED) is 0.904. The number of amides is 1.